The van der Waals surface area contributed by atoms with Gasteiger partial charge in [0, 0.05) is 31.3 Å². The second-order valence-corrected chi connectivity index (χ2v) is 6.96. The van der Waals surface area contributed by atoms with E-state index in [0.29, 0.717) is 18.9 Å². The first-order chi connectivity index (χ1) is 11.5. The van der Waals surface area contributed by atoms with Crippen molar-refractivity contribution in [3.8, 4) is 0 Å². The minimum atomic E-state index is 0.274. The Morgan fingerprint density at radius 2 is 2.21 bits per heavy atom. The topological polar surface area (TPSA) is 79.4 Å². The zero-order valence-corrected chi connectivity index (χ0v) is 15.9. The van der Waals surface area contributed by atoms with Crippen LogP contribution in [0.4, 0.5) is 0 Å². The largest absolute Gasteiger partial charge is 0.357 e. The minimum absolute atomic E-state index is 0.274. The summed E-state index contributed by atoms with van der Waals surface area (Å²) in [6.45, 7) is 10.3. The Balaban J connectivity index is 1.93. The molecule has 2 aromatic heterocycles. The zero-order valence-electron chi connectivity index (χ0n) is 15.0. The first-order valence-electron chi connectivity index (χ1n) is 8.22. The number of nitrogens with zero attached hydrogens (tertiary/aromatic N) is 5. The first kappa shape index (κ1) is 18.4. The van der Waals surface area contributed by atoms with Crippen molar-refractivity contribution in [1.82, 2.24) is 25.3 Å². The summed E-state index contributed by atoms with van der Waals surface area (Å²) in [5.41, 5.74) is 1.06. The summed E-state index contributed by atoms with van der Waals surface area (Å²) >= 11 is 1.67. The third-order valence-corrected chi connectivity index (χ3v) is 4.17. The maximum atomic E-state index is 5.25. The quantitative estimate of drug-likeness (QED) is 0.611. The van der Waals surface area contributed by atoms with Crippen LogP contribution in [0.25, 0.3) is 0 Å². The summed E-state index contributed by atoms with van der Waals surface area (Å²) < 4.78 is 5.25. The van der Waals surface area contributed by atoms with Crippen LogP contribution in [0.15, 0.2) is 14.9 Å². The van der Waals surface area contributed by atoms with E-state index < -0.39 is 0 Å². The number of hydrogen-bond donors (Lipinski definition) is 1. The van der Waals surface area contributed by atoms with E-state index in [9.17, 15) is 0 Å². The minimum Gasteiger partial charge on any atom is -0.357 e. The van der Waals surface area contributed by atoms with Gasteiger partial charge >= 0.3 is 0 Å². The Kier molecular flexibility index (Phi) is 6.72. The molecular weight excluding hydrogens is 324 g/mol. The van der Waals surface area contributed by atoms with Crippen LogP contribution in [-0.4, -0.2) is 46.1 Å². The van der Waals surface area contributed by atoms with Crippen molar-refractivity contribution in [3.63, 3.8) is 0 Å². The summed E-state index contributed by atoms with van der Waals surface area (Å²) in [5.74, 6) is 2.51. The maximum absolute atomic E-state index is 5.25. The Morgan fingerprint density at radius 1 is 1.42 bits per heavy atom. The Morgan fingerprint density at radius 3 is 2.79 bits per heavy atom. The summed E-state index contributed by atoms with van der Waals surface area (Å²) in [7, 11) is 2.01. The average Bonchev–Trinajstić information content (AvgIpc) is 3.15. The number of hydrogen-bond acceptors (Lipinski definition) is 6. The second-order valence-electron chi connectivity index (χ2n) is 5.90. The lowest BCUT2D eigenvalue weighted by Gasteiger charge is -2.21. The fourth-order valence-electron chi connectivity index (χ4n) is 2.13. The second kappa shape index (κ2) is 8.77. The normalized spacial score (nSPS) is 12.0. The lowest BCUT2D eigenvalue weighted by molar-refractivity contribution is 0.372. The van der Waals surface area contributed by atoms with Crippen LogP contribution in [-0.2, 0) is 13.0 Å². The molecule has 8 heteroatoms. The molecule has 2 heterocycles. The standard InChI is InChI=1S/C16H26N6OS/c1-6-17-16(22(5)9-13-10-24-12(4)19-13)18-8-7-14-20-15(11(2)3)21-23-14/h10-11H,6-9H2,1-5H3,(H,17,18). The molecule has 0 aromatic carbocycles. The van der Waals surface area contributed by atoms with Gasteiger partial charge in [-0.25, -0.2) is 4.98 Å². The molecule has 0 atom stereocenters. The smallest absolute Gasteiger partial charge is 0.228 e. The van der Waals surface area contributed by atoms with Gasteiger partial charge in [0.25, 0.3) is 0 Å². The van der Waals surface area contributed by atoms with Crippen molar-refractivity contribution < 1.29 is 4.52 Å². The first-order valence-corrected chi connectivity index (χ1v) is 9.10. The molecule has 2 rings (SSSR count). The Labute approximate surface area is 147 Å². The molecule has 0 bridgehead atoms. The number of thiazole rings is 1. The third-order valence-electron chi connectivity index (χ3n) is 3.35. The van der Waals surface area contributed by atoms with E-state index in [0.717, 1.165) is 35.6 Å². The lowest BCUT2D eigenvalue weighted by Crippen LogP contribution is -2.38. The third kappa shape index (κ3) is 5.30. The molecule has 1 N–H and O–H groups in total. The van der Waals surface area contributed by atoms with E-state index in [4.69, 9.17) is 4.52 Å². The van der Waals surface area contributed by atoms with Crippen molar-refractivity contribution >= 4 is 17.3 Å². The van der Waals surface area contributed by atoms with Gasteiger partial charge in [0.15, 0.2) is 11.8 Å². The molecular formula is C16H26N6OS. The van der Waals surface area contributed by atoms with Gasteiger partial charge in [-0.3, -0.25) is 4.99 Å². The van der Waals surface area contributed by atoms with Crippen molar-refractivity contribution in [2.24, 2.45) is 4.99 Å². The van der Waals surface area contributed by atoms with Crippen LogP contribution in [0.5, 0.6) is 0 Å². The number of aliphatic imine (C=N–C) groups is 1. The van der Waals surface area contributed by atoms with Crippen LogP contribution >= 0.6 is 11.3 Å². The molecule has 0 aliphatic rings. The predicted molar refractivity (Wildman–Crippen MR) is 96.4 cm³/mol. The zero-order chi connectivity index (χ0) is 17.5. The molecule has 0 fully saturated rings. The highest BCUT2D eigenvalue weighted by Gasteiger charge is 2.11. The highest BCUT2D eigenvalue weighted by atomic mass is 32.1. The van der Waals surface area contributed by atoms with Crippen LogP contribution in [0.1, 0.15) is 49.1 Å². The molecule has 24 heavy (non-hydrogen) atoms. The Bertz CT molecular complexity index is 663. The molecule has 0 radical (unpaired) electrons. The van der Waals surface area contributed by atoms with Crippen molar-refractivity contribution in [2.45, 2.75) is 46.6 Å². The Hall–Kier alpha value is -1.96. The molecule has 0 unspecified atom stereocenters. The van der Waals surface area contributed by atoms with Gasteiger partial charge in [0.05, 0.1) is 23.8 Å². The van der Waals surface area contributed by atoms with Crippen LogP contribution in [0.2, 0.25) is 0 Å². The van der Waals surface area contributed by atoms with Crippen molar-refractivity contribution in [3.05, 3.63) is 27.8 Å². The number of aryl methyl sites for hydroxylation is 1. The van der Waals surface area contributed by atoms with Gasteiger partial charge in [-0.15, -0.1) is 11.3 Å². The monoisotopic (exact) mass is 350 g/mol. The predicted octanol–water partition coefficient (Wildman–Crippen LogP) is 2.60. The van der Waals surface area contributed by atoms with Gasteiger partial charge in [0.2, 0.25) is 5.89 Å². The van der Waals surface area contributed by atoms with Gasteiger partial charge in [0.1, 0.15) is 0 Å². The van der Waals surface area contributed by atoms with Crippen molar-refractivity contribution in [1.29, 1.82) is 0 Å². The molecule has 0 saturated heterocycles. The van der Waals surface area contributed by atoms with E-state index in [1.54, 1.807) is 11.3 Å². The highest BCUT2D eigenvalue weighted by molar-refractivity contribution is 7.09. The van der Waals surface area contributed by atoms with Crippen LogP contribution < -0.4 is 5.32 Å². The molecule has 0 spiro atoms. The van der Waals surface area contributed by atoms with Gasteiger partial charge < -0.3 is 14.7 Å². The lowest BCUT2D eigenvalue weighted by atomic mass is 10.2. The molecule has 132 valence electrons. The van der Waals surface area contributed by atoms with E-state index in [1.165, 1.54) is 0 Å². The molecule has 0 aliphatic carbocycles. The SMILES string of the molecule is CCNC(=NCCc1nc(C(C)C)no1)N(C)Cc1csc(C)n1. The van der Waals surface area contributed by atoms with Crippen LogP contribution in [0, 0.1) is 6.92 Å². The molecule has 0 amide bonds. The molecule has 0 saturated carbocycles. The fourth-order valence-corrected chi connectivity index (χ4v) is 2.73. The summed E-state index contributed by atoms with van der Waals surface area (Å²) in [6.07, 6.45) is 0.637. The van der Waals surface area contributed by atoms with E-state index in [1.807, 2.05) is 27.8 Å². The van der Waals surface area contributed by atoms with Gasteiger partial charge in [-0.1, -0.05) is 19.0 Å². The molecule has 2 aromatic rings. The van der Waals surface area contributed by atoms with E-state index in [2.05, 4.69) is 42.6 Å². The van der Waals surface area contributed by atoms with Gasteiger partial charge in [-0.05, 0) is 13.8 Å². The molecule has 7 nitrogen and oxygen atoms in total. The number of nitrogens with one attached hydrogen (secondary N) is 1. The van der Waals surface area contributed by atoms with E-state index >= 15 is 0 Å². The number of guanidine groups is 1. The van der Waals surface area contributed by atoms with Crippen molar-refractivity contribution in [2.75, 3.05) is 20.1 Å². The summed E-state index contributed by atoms with van der Waals surface area (Å²) in [5, 5.41) is 10.4. The fraction of sp³-hybridized carbons (Fsp3) is 0.625. The summed E-state index contributed by atoms with van der Waals surface area (Å²) in [4.78, 5) is 15.6. The average molecular weight is 350 g/mol. The van der Waals surface area contributed by atoms with E-state index in [-0.39, 0.29) is 5.92 Å². The number of aromatic nitrogens is 3. The molecule has 0 aliphatic heterocycles. The highest BCUT2D eigenvalue weighted by Crippen LogP contribution is 2.11. The van der Waals surface area contributed by atoms with Crippen LogP contribution in [0.3, 0.4) is 0 Å². The van der Waals surface area contributed by atoms with Gasteiger partial charge in [-0.2, -0.15) is 4.98 Å². The summed E-state index contributed by atoms with van der Waals surface area (Å²) in [6, 6.07) is 0. The number of rotatable bonds is 7. The maximum Gasteiger partial charge on any atom is 0.228 e.